The van der Waals surface area contributed by atoms with E-state index in [-0.39, 0.29) is 6.04 Å². The van der Waals surface area contributed by atoms with Crippen molar-refractivity contribution in [3.05, 3.63) is 23.4 Å². The first-order valence-corrected chi connectivity index (χ1v) is 7.24. The molecule has 7 heteroatoms. The second kappa shape index (κ2) is 6.94. The van der Waals surface area contributed by atoms with Gasteiger partial charge in [0.25, 0.3) is 0 Å². The van der Waals surface area contributed by atoms with E-state index < -0.39 is 6.10 Å². The van der Waals surface area contributed by atoms with E-state index in [1.807, 2.05) is 36.4 Å². The van der Waals surface area contributed by atoms with Crippen molar-refractivity contribution in [3.63, 3.8) is 0 Å². The summed E-state index contributed by atoms with van der Waals surface area (Å²) in [5.74, 6) is 1.15. The van der Waals surface area contributed by atoms with Crippen molar-refractivity contribution in [2.24, 2.45) is 0 Å². The van der Waals surface area contributed by atoms with Gasteiger partial charge in [0.2, 0.25) is 11.7 Å². The highest BCUT2D eigenvalue weighted by Gasteiger charge is 2.21. The summed E-state index contributed by atoms with van der Waals surface area (Å²) in [6, 6.07) is 3.84. The molecule has 2 rings (SSSR count). The van der Waals surface area contributed by atoms with Crippen molar-refractivity contribution in [1.82, 2.24) is 15.0 Å². The SMILES string of the molecule is COCC(O)CN(C)C(C)c1nc(-c2cccs2)no1. The molecule has 110 valence electrons. The van der Waals surface area contributed by atoms with Gasteiger partial charge in [-0.05, 0) is 25.4 Å². The Labute approximate surface area is 122 Å². The molecule has 0 saturated carbocycles. The average molecular weight is 297 g/mol. The van der Waals surface area contributed by atoms with Crippen LogP contribution in [0, 0.1) is 0 Å². The first-order valence-electron chi connectivity index (χ1n) is 6.36. The molecule has 0 saturated heterocycles. The van der Waals surface area contributed by atoms with Crippen LogP contribution in [0.4, 0.5) is 0 Å². The van der Waals surface area contributed by atoms with Crippen molar-refractivity contribution in [3.8, 4) is 10.7 Å². The third kappa shape index (κ3) is 3.63. The number of ether oxygens (including phenoxy) is 1. The van der Waals surface area contributed by atoms with Gasteiger partial charge in [-0.25, -0.2) is 0 Å². The first-order chi connectivity index (χ1) is 9.61. The molecule has 0 bridgehead atoms. The van der Waals surface area contributed by atoms with E-state index >= 15 is 0 Å². The van der Waals surface area contributed by atoms with Gasteiger partial charge in [0.1, 0.15) is 0 Å². The van der Waals surface area contributed by atoms with E-state index in [0.717, 1.165) is 4.88 Å². The van der Waals surface area contributed by atoms with Crippen LogP contribution < -0.4 is 0 Å². The minimum absolute atomic E-state index is 0.0669. The van der Waals surface area contributed by atoms with Crippen LogP contribution in [0.2, 0.25) is 0 Å². The number of aliphatic hydroxyl groups excluding tert-OH is 1. The Hall–Kier alpha value is -1.28. The molecule has 2 aromatic heterocycles. The first kappa shape index (κ1) is 15.1. The zero-order chi connectivity index (χ0) is 14.5. The maximum atomic E-state index is 9.74. The summed E-state index contributed by atoms with van der Waals surface area (Å²) >= 11 is 1.57. The Morgan fingerprint density at radius 1 is 1.55 bits per heavy atom. The quantitative estimate of drug-likeness (QED) is 0.840. The zero-order valence-corrected chi connectivity index (χ0v) is 12.6. The van der Waals surface area contributed by atoms with Crippen LogP contribution in [0.5, 0.6) is 0 Å². The number of thiophene rings is 1. The number of aromatic nitrogens is 2. The fourth-order valence-electron chi connectivity index (χ4n) is 1.83. The predicted octanol–water partition coefficient (Wildman–Crippen LogP) is 1.80. The van der Waals surface area contributed by atoms with Gasteiger partial charge in [-0.15, -0.1) is 11.3 Å². The smallest absolute Gasteiger partial charge is 0.244 e. The summed E-state index contributed by atoms with van der Waals surface area (Å²) in [5, 5.41) is 15.7. The maximum Gasteiger partial charge on any atom is 0.244 e. The van der Waals surface area contributed by atoms with Crippen molar-refractivity contribution in [2.45, 2.75) is 19.1 Å². The topological polar surface area (TPSA) is 71.6 Å². The minimum Gasteiger partial charge on any atom is -0.389 e. The van der Waals surface area contributed by atoms with Crippen LogP contribution in [-0.4, -0.2) is 53.6 Å². The van der Waals surface area contributed by atoms with Gasteiger partial charge in [-0.1, -0.05) is 11.2 Å². The summed E-state index contributed by atoms with van der Waals surface area (Å²) in [7, 11) is 3.47. The summed E-state index contributed by atoms with van der Waals surface area (Å²) < 4.78 is 10.2. The molecule has 0 aliphatic heterocycles. The van der Waals surface area contributed by atoms with Gasteiger partial charge in [0, 0.05) is 13.7 Å². The van der Waals surface area contributed by atoms with Crippen molar-refractivity contribution in [2.75, 3.05) is 27.3 Å². The van der Waals surface area contributed by atoms with E-state index in [1.54, 1.807) is 18.4 Å². The fourth-order valence-corrected chi connectivity index (χ4v) is 2.48. The van der Waals surface area contributed by atoms with Gasteiger partial charge in [0.05, 0.1) is 23.6 Å². The van der Waals surface area contributed by atoms with Crippen molar-refractivity contribution in [1.29, 1.82) is 0 Å². The molecule has 20 heavy (non-hydrogen) atoms. The summed E-state index contributed by atoms with van der Waals surface area (Å²) in [4.78, 5) is 7.34. The number of likely N-dealkylation sites (N-methyl/N-ethyl adjacent to an activating group) is 1. The van der Waals surface area contributed by atoms with Gasteiger partial charge in [0.15, 0.2) is 0 Å². The molecule has 0 aliphatic carbocycles. The Balaban J connectivity index is 2.00. The predicted molar refractivity (Wildman–Crippen MR) is 76.5 cm³/mol. The number of aliphatic hydroxyl groups is 1. The normalized spacial score (nSPS) is 14.7. The lowest BCUT2D eigenvalue weighted by atomic mass is 10.2. The molecule has 1 N–H and O–H groups in total. The largest absolute Gasteiger partial charge is 0.389 e. The van der Waals surface area contributed by atoms with Crippen LogP contribution in [0.1, 0.15) is 18.9 Å². The Morgan fingerprint density at radius 2 is 2.35 bits per heavy atom. The van der Waals surface area contributed by atoms with Crippen LogP contribution in [0.3, 0.4) is 0 Å². The summed E-state index contributed by atoms with van der Waals surface area (Å²) in [6.45, 7) is 2.75. The zero-order valence-electron chi connectivity index (χ0n) is 11.8. The van der Waals surface area contributed by atoms with Crippen molar-refractivity contribution >= 4 is 11.3 Å². The molecule has 2 aromatic rings. The molecule has 2 unspecified atom stereocenters. The third-order valence-corrected chi connectivity index (χ3v) is 3.93. The summed E-state index contributed by atoms with van der Waals surface area (Å²) in [5.41, 5.74) is 0. The molecule has 0 amide bonds. The van der Waals surface area contributed by atoms with Crippen LogP contribution in [0.25, 0.3) is 10.7 Å². The van der Waals surface area contributed by atoms with Gasteiger partial charge in [-0.2, -0.15) is 4.98 Å². The second-order valence-electron chi connectivity index (χ2n) is 4.66. The van der Waals surface area contributed by atoms with Crippen LogP contribution in [-0.2, 0) is 4.74 Å². The number of nitrogens with zero attached hydrogens (tertiary/aromatic N) is 3. The Morgan fingerprint density at radius 3 is 3.00 bits per heavy atom. The Bertz CT molecular complexity index is 515. The number of methoxy groups -OCH3 is 1. The molecule has 2 atom stereocenters. The number of hydrogen-bond acceptors (Lipinski definition) is 7. The highest BCUT2D eigenvalue weighted by atomic mass is 32.1. The molecular formula is C13H19N3O3S. The van der Waals surface area contributed by atoms with Crippen LogP contribution in [0.15, 0.2) is 22.0 Å². The van der Waals surface area contributed by atoms with E-state index in [1.165, 1.54) is 0 Å². The molecule has 0 aromatic carbocycles. The fraction of sp³-hybridized carbons (Fsp3) is 0.538. The van der Waals surface area contributed by atoms with E-state index in [0.29, 0.717) is 24.9 Å². The lowest BCUT2D eigenvalue weighted by Crippen LogP contribution is -2.33. The molecule has 0 fully saturated rings. The maximum absolute atomic E-state index is 9.74. The number of rotatable bonds is 7. The molecule has 2 heterocycles. The summed E-state index contributed by atoms with van der Waals surface area (Å²) in [6.07, 6.45) is -0.535. The second-order valence-corrected chi connectivity index (χ2v) is 5.61. The Kier molecular flexibility index (Phi) is 5.24. The molecule has 0 aliphatic rings. The highest BCUT2D eigenvalue weighted by Crippen LogP contribution is 2.24. The highest BCUT2D eigenvalue weighted by molar-refractivity contribution is 7.13. The monoisotopic (exact) mass is 297 g/mol. The van der Waals surface area contributed by atoms with Gasteiger partial charge >= 0.3 is 0 Å². The van der Waals surface area contributed by atoms with E-state index in [2.05, 4.69) is 10.1 Å². The van der Waals surface area contributed by atoms with E-state index in [9.17, 15) is 5.11 Å². The van der Waals surface area contributed by atoms with Gasteiger partial charge < -0.3 is 14.4 Å². The average Bonchev–Trinajstić information content (AvgIpc) is 3.08. The number of hydrogen-bond donors (Lipinski definition) is 1. The standard InChI is InChI=1S/C13H19N3O3S/c1-9(16(2)7-10(17)8-18-3)13-14-12(15-19-13)11-5-4-6-20-11/h4-6,9-10,17H,7-8H2,1-3H3. The van der Waals surface area contributed by atoms with E-state index in [4.69, 9.17) is 9.26 Å². The molecule has 0 radical (unpaired) electrons. The third-order valence-electron chi connectivity index (χ3n) is 3.06. The lowest BCUT2D eigenvalue weighted by molar-refractivity contribution is 0.0325. The molecule has 6 nitrogen and oxygen atoms in total. The van der Waals surface area contributed by atoms with Crippen molar-refractivity contribution < 1.29 is 14.4 Å². The molecule has 0 spiro atoms. The van der Waals surface area contributed by atoms with Gasteiger partial charge in [-0.3, -0.25) is 4.90 Å². The minimum atomic E-state index is -0.535. The lowest BCUT2D eigenvalue weighted by Gasteiger charge is -2.23. The molecular weight excluding hydrogens is 278 g/mol. The van der Waals surface area contributed by atoms with Crippen LogP contribution >= 0.6 is 11.3 Å².